The molecule has 2 N–H and O–H groups in total. The molecule has 1 amide bonds. The van der Waals surface area contributed by atoms with Crippen molar-refractivity contribution in [2.45, 2.75) is 19.5 Å². The normalized spacial score (nSPS) is 12.7. The molecule has 4 aromatic rings. The molecule has 0 fully saturated rings. The van der Waals surface area contributed by atoms with E-state index in [0.29, 0.717) is 23.1 Å². The van der Waals surface area contributed by atoms with Crippen molar-refractivity contribution in [3.8, 4) is 0 Å². The predicted octanol–water partition coefficient (Wildman–Crippen LogP) is 2.89. The highest BCUT2D eigenvalue weighted by Crippen LogP contribution is 2.30. The van der Waals surface area contributed by atoms with Crippen LogP contribution < -0.4 is 21.5 Å². The molecule has 0 aliphatic carbocycles. The fourth-order valence-corrected chi connectivity index (χ4v) is 4.23. The summed E-state index contributed by atoms with van der Waals surface area (Å²) in [5, 5.41) is 3.25. The first kappa shape index (κ1) is 19.8. The molecular formula is C25H22N4O3. The molecule has 1 aliphatic rings. The van der Waals surface area contributed by atoms with E-state index in [1.807, 2.05) is 36.4 Å². The monoisotopic (exact) mass is 426 g/mol. The SMILES string of the molecule is O=C(Cn1c(=O)[nH]c2ccccc2c1=O)Nc1ccccc1CN1CCc2ccccc21. The van der Waals surface area contributed by atoms with Gasteiger partial charge in [0.15, 0.2) is 0 Å². The number of para-hydroxylation sites is 3. The van der Waals surface area contributed by atoms with E-state index in [1.54, 1.807) is 24.3 Å². The minimum atomic E-state index is -0.606. The summed E-state index contributed by atoms with van der Waals surface area (Å²) in [6.45, 7) is 1.22. The van der Waals surface area contributed by atoms with Crippen molar-refractivity contribution in [2.24, 2.45) is 0 Å². The van der Waals surface area contributed by atoms with Crippen molar-refractivity contribution in [1.29, 1.82) is 0 Å². The number of carbonyl (C=O) groups is 1. The highest BCUT2D eigenvalue weighted by molar-refractivity contribution is 5.91. The molecule has 1 aliphatic heterocycles. The third-order valence-corrected chi connectivity index (χ3v) is 5.83. The highest BCUT2D eigenvalue weighted by Gasteiger charge is 2.20. The number of anilines is 2. The molecule has 5 rings (SSSR count). The van der Waals surface area contributed by atoms with Crippen molar-refractivity contribution >= 4 is 28.2 Å². The van der Waals surface area contributed by atoms with E-state index >= 15 is 0 Å². The van der Waals surface area contributed by atoms with E-state index in [1.165, 1.54) is 11.3 Å². The number of benzene rings is 3. The van der Waals surface area contributed by atoms with Crippen LogP contribution in [0.1, 0.15) is 11.1 Å². The maximum Gasteiger partial charge on any atom is 0.329 e. The predicted molar refractivity (Wildman–Crippen MR) is 125 cm³/mol. The van der Waals surface area contributed by atoms with E-state index in [4.69, 9.17) is 0 Å². The van der Waals surface area contributed by atoms with Crippen LogP contribution in [0.25, 0.3) is 10.9 Å². The van der Waals surface area contributed by atoms with Crippen LogP contribution in [-0.4, -0.2) is 22.0 Å². The first-order chi connectivity index (χ1) is 15.6. The Balaban J connectivity index is 1.37. The first-order valence-electron chi connectivity index (χ1n) is 10.5. The van der Waals surface area contributed by atoms with Crippen LogP contribution in [-0.2, 0) is 24.3 Å². The quantitative estimate of drug-likeness (QED) is 0.514. The number of hydrogen-bond acceptors (Lipinski definition) is 4. The molecule has 3 aromatic carbocycles. The lowest BCUT2D eigenvalue weighted by molar-refractivity contribution is -0.116. The average molecular weight is 426 g/mol. The van der Waals surface area contributed by atoms with Crippen LogP contribution in [0, 0.1) is 0 Å². The second kappa shape index (κ2) is 8.19. The van der Waals surface area contributed by atoms with Gasteiger partial charge in [-0.1, -0.05) is 48.5 Å². The van der Waals surface area contributed by atoms with Crippen molar-refractivity contribution in [1.82, 2.24) is 9.55 Å². The highest BCUT2D eigenvalue weighted by atomic mass is 16.2. The van der Waals surface area contributed by atoms with E-state index in [9.17, 15) is 14.4 Å². The van der Waals surface area contributed by atoms with Gasteiger partial charge in [-0.05, 0) is 41.8 Å². The van der Waals surface area contributed by atoms with Crippen LogP contribution in [0.3, 0.4) is 0 Å². The Morgan fingerprint density at radius 3 is 2.59 bits per heavy atom. The Morgan fingerprint density at radius 1 is 0.938 bits per heavy atom. The second-order valence-corrected chi connectivity index (χ2v) is 7.87. The number of fused-ring (bicyclic) bond motifs is 2. The van der Waals surface area contributed by atoms with Crippen molar-refractivity contribution in [3.05, 3.63) is 105 Å². The molecule has 7 nitrogen and oxygen atoms in total. The summed E-state index contributed by atoms with van der Waals surface area (Å²) < 4.78 is 0.928. The number of aromatic amines is 1. The summed E-state index contributed by atoms with van der Waals surface area (Å²) in [4.78, 5) is 42.8. The third kappa shape index (κ3) is 3.69. The Labute approximate surface area is 183 Å². The molecular weight excluding hydrogens is 404 g/mol. The van der Waals surface area contributed by atoms with Gasteiger partial charge in [-0.25, -0.2) is 4.79 Å². The number of hydrogen-bond donors (Lipinski definition) is 2. The van der Waals surface area contributed by atoms with Crippen LogP contribution in [0.5, 0.6) is 0 Å². The largest absolute Gasteiger partial charge is 0.367 e. The number of rotatable bonds is 5. The number of carbonyl (C=O) groups excluding carboxylic acids is 1. The molecule has 0 saturated heterocycles. The summed E-state index contributed by atoms with van der Waals surface area (Å²) in [6.07, 6.45) is 0.998. The third-order valence-electron chi connectivity index (χ3n) is 5.83. The summed E-state index contributed by atoms with van der Waals surface area (Å²) in [5.74, 6) is -0.429. The first-order valence-corrected chi connectivity index (χ1v) is 10.5. The van der Waals surface area contributed by atoms with Gasteiger partial charge < -0.3 is 15.2 Å². The second-order valence-electron chi connectivity index (χ2n) is 7.87. The van der Waals surface area contributed by atoms with Crippen LogP contribution >= 0.6 is 0 Å². The number of aromatic nitrogens is 2. The zero-order valence-electron chi connectivity index (χ0n) is 17.4. The molecule has 1 aromatic heterocycles. The molecule has 0 radical (unpaired) electrons. The van der Waals surface area contributed by atoms with Gasteiger partial charge >= 0.3 is 5.69 Å². The summed E-state index contributed by atoms with van der Waals surface area (Å²) in [6, 6.07) is 22.7. The molecule has 0 unspecified atom stereocenters. The van der Waals surface area contributed by atoms with Gasteiger partial charge in [0.2, 0.25) is 5.91 Å². The number of amides is 1. The summed E-state index contributed by atoms with van der Waals surface area (Å²) in [7, 11) is 0. The molecule has 0 spiro atoms. The van der Waals surface area contributed by atoms with Crippen molar-refractivity contribution in [3.63, 3.8) is 0 Å². The maximum absolute atomic E-state index is 12.8. The topological polar surface area (TPSA) is 87.2 Å². The number of nitrogens with zero attached hydrogens (tertiary/aromatic N) is 2. The minimum absolute atomic E-state index is 0.361. The van der Waals surface area contributed by atoms with E-state index in [2.05, 4.69) is 27.3 Å². The molecule has 7 heteroatoms. The van der Waals surface area contributed by atoms with E-state index < -0.39 is 17.2 Å². The molecule has 32 heavy (non-hydrogen) atoms. The molecule has 0 bridgehead atoms. The Kier molecular flexibility index (Phi) is 5.07. The number of nitrogens with one attached hydrogen (secondary N) is 2. The lowest BCUT2D eigenvalue weighted by Gasteiger charge is -2.21. The summed E-state index contributed by atoms with van der Waals surface area (Å²) >= 11 is 0. The van der Waals surface area contributed by atoms with Crippen LogP contribution in [0.15, 0.2) is 82.4 Å². The van der Waals surface area contributed by atoms with Gasteiger partial charge in [-0.15, -0.1) is 0 Å². The zero-order valence-corrected chi connectivity index (χ0v) is 17.4. The lowest BCUT2D eigenvalue weighted by atomic mass is 10.1. The maximum atomic E-state index is 12.8. The van der Waals surface area contributed by atoms with E-state index in [0.717, 1.165) is 23.1 Å². The van der Waals surface area contributed by atoms with Crippen LogP contribution in [0.2, 0.25) is 0 Å². The Hall–Kier alpha value is -4.13. The van der Waals surface area contributed by atoms with Gasteiger partial charge in [0.05, 0.1) is 10.9 Å². The van der Waals surface area contributed by atoms with E-state index in [-0.39, 0.29) is 6.54 Å². The molecule has 160 valence electrons. The van der Waals surface area contributed by atoms with Gasteiger partial charge in [0.1, 0.15) is 6.54 Å². The smallest absolute Gasteiger partial charge is 0.329 e. The Morgan fingerprint density at radius 2 is 1.69 bits per heavy atom. The minimum Gasteiger partial charge on any atom is -0.367 e. The Bertz CT molecular complexity index is 1440. The van der Waals surface area contributed by atoms with Gasteiger partial charge in [0.25, 0.3) is 5.56 Å². The van der Waals surface area contributed by atoms with Crippen LogP contribution in [0.4, 0.5) is 11.4 Å². The molecule has 0 saturated carbocycles. The zero-order chi connectivity index (χ0) is 22.1. The lowest BCUT2D eigenvalue weighted by Crippen LogP contribution is -2.38. The fourth-order valence-electron chi connectivity index (χ4n) is 4.23. The van der Waals surface area contributed by atoms with Gasteiger partial charge in [-0.2, -0.15) is 0 Å². The van der Waals surface area contributed by atoms with Crippen molar-refractivity contribution in [2.75, 3.05) is 16.8 Å². The van der Waals surface area contributed by atoms with Crippen molar-refractivity contribution < 1.29 is 4.79 Å². The van der Waals surface area contributed by atoms with Gasteiger partial charge in [-0.3, -0.25) is 14.2 Å². The summed E-state index contributed by atoms with van der Waals surface area (Å²) in [5.41, 5.74) is 3.54. The molecule has 0 atom stereocenters. The average Bonchev–Trinajstić information content (AvgIpc) is 3.21. The number of H-pyrrole nitrogens is 1. The standard InChI is InChI=1S/C25H22N4O3/c30-23(16-29-24(31)19-9-3-5-11-21(19)27-25(29)32)26-20-10-4-1-8-18(20)15-28-14-13-17-7-2-6-12-22(17)28/h1-12H,13-16H2,(H,26,30)(H,27,32). The fraction of sp³-hybridized carbons (Fsp3) is 0.160. The van der Waals surface area contributed by atoms with Gasteiger partial charge in [0, 0.05) is 24.5 Å². The molecule has 2 heterocycles.